The van der Waals surface area contributed by atoms with Crippen molar-refractivity contribution < 1.29 is 9.32 Å². The molecule has 2 aromatic carbocycles. The molecule has 2 aliphatic rings. The minimum absolute atomic E-state index is 0.0205. The van der Waals surface area contributed by atoms with Crippen molar-refractivity contribution in [2.24, 2.45) is 5.92 Å². The summed E-state index contributed by atoms with van der Waals surface area (Å²) < 4.78 is 5.57. The fourth-order valence-corrected chi connectivity index (χ4v) is 4.98. The van der Waals surface area contributed by atoms with E-state index < -0.39 is 0 Å². The van der Waals surface area contributed by atoms with Crippen LogP contribution in [-0.4, -0.2) is 56.6 Å². The predicted molar refractivity (Wildman–Crippen MR) is 120 cm³/mol. The highest BCUT2D eigenvalue weighted by Gasteiger charge is 2.45. The molecule has 0 spiro atoms. The molecule has 0 saturated carbocycles. The van der Waals surface area contributed by atoms with Gasteiger partial charge < -0.3 is 14.3 Å². The highest BCUT2D eigenvalue weighted by molar-refractivity contribution is 5.98. The highest BCUT2D eigenvalue weighted by Crippen LogP contribution is 2.39. The third-order valence-electron chi connectivity index (χ3n) is 6.74. The predicted octanol–water partition coefficient (Wildman–Crippen LogP) is 3.38. The summed E-state index contributed by atoms with van der Waals surface area (Å²) in [5.74, 6) is 1.48. The van der Waals surface area contributed by atoms with Crippen LogP contribution in [0.5, 0.6) is 0 Å². The maximum atomic E-state index is 13.6. The van der Waals surface area contributed by atoms with Crippen molar-refractivity contribution in [3.8, 4) is 5.69 Å². The molecule has 0 radical (unpaired) electrons. The number of amides is 1. The van der Waals surface area contributed by atoms with Crippen LogP contribution in [0.1, 0.15) is 27.9 Å². The SMILES string of the molecule is Cc1ccc(-n2nccn2)c(C(=O)N2CC[C@H]3CN(c4noc5ccc(C)cc45)[C@H]3C2)c1. The Morgan fingerprint density at radius 2 is 1.81 bits per heavy atom. The first-order valence-electron chi connectivity index (χ1n) is 11.0. The number of likely N-dealkylation sites (tertiary alicyclic amines) is 1. The molecule has 0 unspecified atom stereocenters. The average Bonchev–Trinajstić information content (AvgIpc) is 3.45. The van der Waals surface area contributed by atoms with E-state index in [1.165, 1.54) is 10.4 Å². The van der Waals surface area contributed by atoms with E-state index in [1.807, 2.05) is 42.2 Å². The van der Waals surface area contributed by atoms with E-state index in [-0.39, 0.29) is 11.9 Å². The normalized spacial score (nSPS) is 20.3. The molecule has 4 heterocycles. The number of aromatic nitrogens is 4. The minimum Gasteiger partial charge on any atom is -0.354 e. The Morgan fingerprint density at radius 1 is 1.03 bits per heavy atom. The zero-order valence-corrected chi connectivity index (χ0v) is 18.1. The summed E-state index contributed by atoms with van der Waals surface area (Å²) in [5, 5.41) is 13.9. The lowest BCUT2D eigenvalue weighted by Gasteiger charge is -2.53. The third-order valence-corrected chi connectivity index (χ3v) is 6.74. The fraction of sp³-hybridized carbons (Fsp3) is 0.333. The molecule has 32 heavy (non-hydrogen) atoms. The first-order valence-corrected chi connectivity index (χ1v) is 11.0. The monoisotopic (exact) mass is 428 g/mol. The van der Waals surface area contributed by atoms with Crippen LogP contribution in [0.4, 0.5) is 5.82 Å². The second-order valence-corrected chi connectivity index (χ2v) is 8.86. The number of hydrogen-bond donors (Lipinski definition) is 0. The van der Waals surface area contributed by atoms with Crippen molar-refractivity contribution in [2.75, 3.05) is 24.5 Å². The Labute approximate surface area is 185 Å². The number of carbonyl (C=O) groups is 1. The molecule has 2 atom stereocenters. The van der Waals surface area contributed by atoms with Gasteiger partial charge in [-0.1, -0.05) is 28.4 Å². The van der Waals surface area contributed by atoms with Gasteiger partial charge in [0.2, 0.25) is 0 Å². The van der Waals surface area contributed by atoms with E-state index >= 15 is 0 Å². The number of rotatable bonds is 3. The van der Waals surface area contributed by atoms with Gasteiger partial charge in [-0.2, -0.15) is 15.0 Å². The number of carbonyl (C=O) groups excluding carboxylic acids is 1. The lowest BCUT2D eigenvalue weighted by atomic mass is 9.82. The molecule has 6 rings (SSSR count). The molecular weight excluding hydrogens is 404 g/mol. The van der Waals surface area contributed by atoms with Crippen molar-refractivity contribution in [1.82, 2.24) is 25.1 Å². The molecule has 0 N–H and O–H groups in total. The van der Waals surface area contributed by atoms with Crippen LogP contribution in [0.25, 0.3) is 16.7 Å². The number of aryl methyl sites for hydroxylation is 2. The molecule has 0 bridgehead atoms. The first-order chi connectivity index (χ1) is 15.6. The fourth-order valence-electron chi connectivity index (χ4n) is 4.98. The summed E-state index contributed by atoms with van der Waals surface area (Å²) in [5.41, 5.74) is 4.35. The van der Waals surface area contributed by atoms with Gasteiger partial charge in [-0.25, -0.2) is 0 Å². The number of anilines is 1. The van der Waals surface area contributed by atoms with Crippen LogP contribution >= 0.6 is 0 Å². The molecule has 4 aromatic rings. The van der Waals surface area contributed by atoms with Crippen molar-refractivity contribution in [2.45, 2.75) is 26.3 Å². The van der Waals surface area contributed by atoms with Gasteiger partial charge in [0.1, 0.15) is 0 Å². The van der Waals surface area contributed by atoms with Crippen molar-refractivity contribution in [1.29, 1.82) is 0 Å². The van der Waals surface area contributed by atoms with Crippen LogP contribution in [0.2, 0.25) is 0 Å². The van der Waals surface area contributed by atoms with E-state index in [0.717, 1.165) is 41.9 Å². The largest absolute Gasteiger partial charge is 0.354 e. The van der Waals surface area contributed by atoms with Crippen LogP contribution in [-0.2, 0) is 0 Å². The Morgan fingerprint density at radius 3 is 2.66 bits per heavy atom. The van der Waals surface area contributed by atoms with Gasteiger partial charge in [0.15, 0.2) is 11.4 Å². The van der Waals surface area contributed by atoms with E-state index in [2.05, 4.69) is 33.2 Å². The lowest BCUT2D eigenvalue weighted by Crippen LogP contribution is -2.65. The summed E-state index contributed by atoms with van der Waals surface area (Å²) in [7, 11) is 0. The van der Waals surface area contributed by atoms with E-state index in [9.17, 15) is 4.79 Å². The molecule has 2 saturated heterocycles. The topological polar surface area (TPSA) is 80.3 Å². The van der Waals surface area contributed by atoms with Crippen molar-refractivity contribution in [3.63, 3.8) is 0 Å². The molecule has 8 heteroatoms. The van der Waals surface area contributed by atoms with Gasteiger partial charge in [-0.15, -0.1) is 0 Å². The van der Waals surface area contributed by atoms with E-state index in [0.29, 0.717) is 23.7 Å². The van der Waals surface area contributed by atoms with Crippen LogP contribution in [0, 0.1) is 19.8 Å². The van der Waals surface area contributed by atoms with Gasteiger partial charge >= 0.3 is 0 Å². The number of benzene rings is 2. The maximum Gasteiger partial charge on any atom is 0.256 e. The van der Waals surface area contributed by atoms with Gasteiger partial charge in [-0.3, -0.25) is 4.79 Å². The van der Waals surface area contributed by atoms with E-state index in [4.69, 9.17) is 4.52 Å². The maximum absolute atomic E-state index is 13.6. The Kier molecular flexibility index (Phi) is 4.28. The van der Waals surface area contributed by atoms with Crippen molar-refractivity contribution in [3.05, 3.63) is 65.5 Å². The summed E-state index contributed by atoms with van der Waals surface area (Å²) in [6.45, 7) is 6.45. The summed E-state index contributed by atoms with van der Waals surface area (Å²) >= 11 is 0. The van der Waals surface area contributed by atoms with Crippen LogP contribution in [0.15, 0.2) is 53.3 Å². The van der Waals surface area contributed by atoms with Gasteiger partial charge in [0.25, 0.3) is 5.91 Å². The zero-order chi connectivity index (χ0) is 21.8. The number of fused-ring (bicyclic) bond motifs is 2. The number of nitrogens with zero attached hydrogens (tertiary/aromatic N) is 6. The van der Waals surface area contributed by atoms with Gasteiger partial charge in [0, 0.05) is 25.6 Å². The minimum atomic E-state index is 0.0205. The standard InChI is InChI=1S/C24H24N6O2/c1-15-3-5-20(30-25-8-9-26-30)18(11-15)24(31)28-10-7-17-13-29(21(17)14-28)23-19-12-16(2)4-6-22(19)32-27-23/h3-6,8-9,11-12,17,21H,7,10,13-14H2,1-2H3/t17-,21-/m0/s1. The molecule has 2 aliphatic heterocycles. The molecule has 2 fully saturated rings. The van der Waals surface area contributed by atoms with Gasteiger partial charge in [-0.05, 0) is 44.5 Å². The zero-order valence-electron chi connectivity index (χ0n) is 18.1. The van der Waals surface area contributed by atoms with Crippen molar-refractivity contribution >= 4 is 22.7 Å². The molecular formula is C24H24N6O2. The molecule has 162 valence electrons. The number of hydrogen-bond acceptors (Lipinski definition) is 6. The quantitative estimate of drug-likeness (QED) is 0.498. The van der Waals surface area contributed by atoms with Crippen LogP contribution < -0.4 is 4.90 Å². The lowest BCUT2D eigenvalue weighted by molar-refractivity contribution is 0.0590. The Hall–Kier alpha value is -3.68. The summed E-state index contributed by atoms with van der Waals surface area (Å²) in [4.78, 5) is 19.4. The molecule has 0 aliphatic carbocycles. The average molecular weight is 428 g/mol. The van der Waals surface area contributed by atoms with E-state index in [1.54, 1.807) is 12.4 Å². The smallest absolute Gasteiger partial charge is 0.256 e. The second-order valence-electron chi connectivity index (χ2n) is 8.86. The number of piperidine rings is 1. The Balaban J connectivity index is 1.28. The molecule has 2 aromatic heterocycles. The van der Waals surface area contributed by atoms with Crippen LogP contribution in [0.3, 0.4) is 0 Å². The second kappa shape index (κ2) is 7.19. The summed E-state index contributed by atoms with van der Waals surface area (Å²) in [6.07, 6.45) is 4.23. The summed E-state index contributed by atoms with van der Waals surface area (Å²) in [6, 6.07) is 12.2. The Bertz CT molecular complexity index is 1310. The molecule has 1 amide bonds. The molecule has 8 nitrogen and oxygen atoms in total. The first kappa shape index (κ1) is 19.0. The highest BCUT2D eigenvalue weighted by atomic mass is 16.5. The third kappa shape index (κ3) is 2.97. The van der Waals surface area contributed by atoms with Gasteiger partial charge in [0.05, 0.1) is 35.1 Å².